The molecule has 5 atom stereocenters. The summed E-state index contributed by atoms with van der Waals surface area (Å²) in [6.07, 6.45) is 6.39. The SMILES string of the molecule is C=C[C@H]1CN2CC[C@H]1C[C@@H]2[C@H](NC(=S)NC(c1ccccc1)c1ccccc1)c1ccnc2ccc(OC)cc12. The lowest BCUT2D eigenvalue weighted by molar-refractivity contribution is 0.00428. The van der Waals surface area contributed by atoms with Gasteiger partial charge in [-0.15, -0.1) is 6.58 Å². The molecular formula is C34H36N4OS. The van der Waals surface area contributed by atoms with E-state index in [1.54, 1.807) is 7.11 Å². The lowest BCUT2D eigenvalue weighted by Gasteiger charge is -2.52. The minimum absolute atomic E-state index is 0.0154. The highest BCUT2D eigenvalue weighted by molar-refractivity contribution is 7.80. The second kappa shape index (κ2) is 11.8. The van der Waals surface area contributed by atoms with E-state index in [0.29, 0.717) is 23.0 Å². The third kappa shape index (κ3) is 5.34. The summed E-state index contributed by atoms with van der Waals surface area (Å²) in [6, 6.07) is 29.4. The molecule has 3 saturated heterocycles. The average molecular weight is 549 g/mol. The van der Waals surface area contributed by atoms with Gasteiger partial charge in [0.15, 0.2) is 5.11 Å². The van der Waals surface area contributed by atoms with Crippen LogP contribution in [0.25, 0.3) is 10.9 Å². The quantitative estimate of drug-likeness (QED) is 0.195. The number of piperidine rings is 3. The van der Waals surface area contributed by atoms with Crippen molar-refractivity contribution in [3.63, 3.8) is 0 Å². The van der Waals surface area contributed by atoms with Crippen molar-refractivity contribution >= 4 is 28.2 Å². The fourth-order valence-corrected chi connectivity index (χ4v) is 6.86. The molecule has 4 heterocycles. The maximum absolute atomic E-state index is 6.08. The van der Waals surface area contributed by atoms with Gasteiger partial charge < -0.3 is 15.4 Å². The summed E-state index contributed by atoms with van der Waals surface area (Å²) in [7, 11) is 1.71. The largest absolute Gasteiger partial charge is 0.497 e. The molecule has 0 saturated carbocycles. The zero-order chi connectivity index (χ0) is 27.5. The van der Waals surface area contributed by atoms with Crippen molar-refractivity contribution in [2.45, 2.75) is 31.0 Å². The molecule has 3 aliphatic heterocycles. The standard InChI is InChI=1S/C34H36N4OS/c1-3-23-22-38-19-17-26(23)20-31(38)33(28-16-18-35-30-15-14-27(39-2)21-29(28)30)37-34(40)36-32(24-10-6-4-7-11-24)25-12-8-5-9-13-25/h3-16,18,21,23,26,31-33H,1,17,19-20,22H2,2H3,(H2,36,37,40)/t23-,26-,31+,33+/m0/s1. The normalized spacial score (nSPS) is 22.6. The van der Waals surface area contributed by atoms with Gasteiger partial charge in [-0.1, -0.05) is 66.7 Å². The van der Waals surface area contributed by atoms with Gasteiger partial charge in [-0.25, -0.2) is 0 Å². The first-order valence-electron chi connectivity index (χ1n) is 14.1. The van der Waals surface area contributed by atoms with Crippen molar-refractivity contribution in [2.75, 3.05) is 20.2 Å². The second-order valence-electron chi connectivity index (χ2n) is 10.9. The molecule has 3 aliphatic rings. The monoisotopic (exact) mass is 548 g/mol. The Balaban J connectivity index is 1.36. The van der Waals surface area contributed by atoms with Crippen LogP contribution >= 0.6 is 12.2 Å². The van der Waals surface area contributed by atoms with Crippen LogP contribution in [0, 0.1) is 11.8 Å². The molecule has 0 amide bonds. The molecule has 6 heteroatoms. The van der Waals surface area contributed by atoms with E-state index in [1.807, 2.05) is 30.5 Å². The van der Waals surface area contributed by atoms with Crippen LogP contribution in [0.5, 0.6) is 5.75 Å². The first-order valence-corrected chi connectivity index (χ1v) is 14.5. The molecule has 0 spiro atoms. The summed E-state index contributed by atoms with van der Waals surface area (Å²) in [5.74, 6) is 2.01. The first kappa shape index (κ1) is 26.5. The molecule has 204 valence electrons. The van der Waals surface area contributed by atoms with E-state index in [0.717, 1.165) is 36.2 Å². The molecule has 40 heavy (non-hydrogen) atoms. The number of thiocarbonyl (C=S) groups is 1. The Labute approximate surface area is 242 Å². The van der Waals surface area contributed by atoms with Gasteiger partial charge in [0.25, 0.3) is 0 Å². The summed E-state index contributed by atoms with van der Waals surface area (Å²) in [5, 5.41) is 9.20. The number of ether oxygens (including phenoxy) is 1. The summed E-state index contributed by atoms with van der Waals surface area (Å²) in [6.45, 7) is 6.27. The molecule has 7 rings (SSSR count). The predicted molar refractivity (Wildman–Crippen MR) is 166 cm³/mol. The molecule has 1 unspecified atom stereocenters. The number of nitrogens with one attached hydrogen (secondary N) is 2. The van der Waals surface area contributed by atoms with Crippen LogP contribution in [0.1, 0.15) is 41.6 Å². The third-order valence-electron chi connectivity index (χ3n) is 8.68. The van der Waals surface area contributed by atoms with Crippen molar-refractivity contribution in [3.05, 3.63) is 120 Å². The highest BCUT2D eigenvalue weighted by Crippen LogP contribution is 2.42. The maximum atomic E-state index is 6.08. The number of hydrogen-bond donors (Lipinski definition) is 2. The molecule has 0 radical (unpaired) electrons. The number of benzene rings is 3. The Kier molecular flexibility index (Phi) is 7.80. The second-order valence-corrected chi connectivity index (χ2v) is 11.3. The van der Waals surface area contributed by atoms with Crippen LogP contribution in [0.2, 0.25) is 0 Å². The van der Waals surface area contributed by atoms with Gasteiger partial charge in [0, 0.05) is 24.2 Å². The van der Waals surface area contributed by atoms with Gasteiger partial charge in [0.1, 0.15) is 5.75 Å². The summed E-state index contributed by atoms with van der Waals surface area (Å²) in [4.78, 5) is 7.30. The fraction of sp³-hybridized carbons (Fsp3) is 0.294. The van der Waals surface area contributed by atoms with Gasteiger partial charge >= 0.3 is 0 Å². The highest BCUT2D eigenvalue weighted by atomic mass is 32.1. The third-order valence-corrected chi connectivity index (χ3v) is 8.92. The number of aromatic nitrogens is 1. The minimum atomic E-state index is -0.0643. The average Bonchev–Trinajstić information content (AvgIpc) is 3.03. The molecule has 2 N–H and O–H groups in total. The molecule has 1 aromatic heterocycles. The minimum Gasteiger partial charge on any atom is -0.497 e. The lowest BCUT2D eigenvalue weighted by atomic mass is 9.73. The molecule has 3 aromatic carbocycles. The zero-order valence-electron chi connectivity index (χ0n) is 22.9. The molecule has 5 nitrogen and oxygen atoms in total. The van der Waals surface area contributed by atoms with Crippen LogP contribution in [0.3, 0.4) is 0 Å². The summed E-state index contributed by atoms with van der Waals surface area (Å²) >= 11 is 6.08. The Morgan fingerprint density at radius 2 is 1.75 bits per heavy atom. The predicted octanol–water partition coefficient (Wildman–Crippen LogP) is 6.43. The van der Waals surface area contributed by atoms with E-state index >= 15 is 0 Å². The fourth-order valence-electron chi connectivity index (χ4n) is 6.61. The van der Waals surface area contributed by atoms with Gasteiger partial charge in [0.2, 0.25) is 0 Å². The van der Waals surface area contributed by atoms with Crippen molar-refractivity contribution < 1.29 is 4.74 Å². The molecule has 3 fully saturated rings. The summed E-state index contributed by atoms with van der Waals surface area (Å²) in [5.41, 5.74) is 4.48. The molecule has 4 aromatic rings. The van der Waals surface area contributed by atoms with Crippen LogP contribution in [-0.2, 0) is 0 Å². The zero-order valence-corrected chi connectivity index (χ0v) is 23.7. The van der Waals surface area contributed by atoms with Gasteiger partial charge in [0.05, 0.1) is 24.7 Å². The number of nitrogens with zero attached hydrogens (tertiary/aromatic N) is 2. The van der Waals surface area contributed by atoms with E-state index in [9.17, 15) is 0 Å². The van der Waals surface area contributed by atoms with Gasteiger partial charge in [-0.05, 0) is 84.4 Å². The molecular weight excluding hydrogens is 512 g/mol. The van der Waals surface area contributed by atoms with Crippen molar-refractivity contribution in [1.29, 1.82) is 0 Å². The van der Waals surface area contributed by atoms with Crippen LogP contribution in [-0.4, -0.2) is 41.2 Å². The number of rotatable bonds is 8. The van der Waals surface area contributed by atoms with E-state index in [1.165, 1.54) is 23.1 Å². The van der Waals surface area contributed by atoms with Gasteiger partial charge in [-0.2, -0.15) is 0 Å². The van der Waals surface area contributed by atoms with E-state index < -0.39 is 0 Å². The molecule has 0 aliphatic carbocycles. The van der Waals surface area contributed by atoms with E-state index in [2.05, 4.69) is 93.8 Å². The number of fused-ring (bicyclic) bond motifs is 4. The Morgan fingerprint density at radius 1 is 1.02 bits per heavy atom. The Bertz CT molecular complexity index is 1440. The highest BCUT2D eigenvalue weighted by Gasteiger charge is 2.43. The number of pyridine rings is 1. The summed E-state index contributed by atoms with van der Waals surface area (Å²) < 4.78 is 5.60. The lowest BCUT2D eigenvalue weighted by Crippen LogP contribution is -2.58. The van der Waals surface area contributed by atoms with Gasteiger partial charge in [-0.3, -0.25) is 9.88 Å². The number of methoxy groups -OCH3 is 1. The van der Waals surface area contributed by atoms with Crippen LogP contribution < -0.4 is 15.4 Å². The first-order chi connectivity index (χ1) is 19.6. The van der Waals surface area contributed by atoms with Crippen molar-refractivity contribution in [1.82, 2.24) is 20.5 Å². The van der Waals surface area contributed by atoms with Crippen LogP contribution in [0.4, 0.5) is 0 Å². The number of hydrogen-bond acceptors (Lipinski definition) is 4. The van der Waals surface area contributed by atoms with E-state index in [-0.39, 0.29) is 12.1 Å². The Hall–Kier alpha value is -3.74. The van der Waals surface area contributed by atoms with Crippen molar-refractivity contribution in [3.8, 4) is 5.75 Å². The van der Waals surface area contributed by atoms with Crippen LogP contribution in [0.15, 0.2) is 104 Å². The molecule has 2 bridgehead atoms. The Morgan fingerprint density at radius 3 is 2.38 bits per heavy atom. The van der Waals surface area contributed by atoms with Crippen molar-refractivity contribution in [2.24, 2.45) is 11.8 Å². The smallest absolute Gasteiger partial charge is 0.167 e. The maximum Gasteiger partial charge on any atom is 0.167 e. The van der Waals surface area contributed by atoms with E-state index in [4.69, 9.17) is 17.0 Å². The topological polar surface area (TPSA) is 49.4 Å².